The monoisotopic (exact) mass is 351 g/mol. The molecule has 1 atom stereocenters. The number of likely N-dealkylation sites (N-methyl/N-ethyl adjacent to an activating group) is 1. The van der Waals surface area contributed by atoms with Crippen LogP contribution in [-0.2, 0) is 11.2 Å². The van der Waals surface area contributed by atoms with E-state index in [4.69, 9.17) is 4.52 Å². The first-order chi connectivity index (χ1) is 12.1. The zero-order chi connectivity index (χ0) is 17.4. The second-order valence-electron chi connectivity index (χ2n) is 6.00. The highest BCUT2D eigenvalue weighted by molar-refractivity contribution is 7.18. The highest BCUT2D eigenvalue weighted by Crippen LogP contribution is 2.29. The van der Waals surface area contributed by atoms with Crippen molar-refractivity contribution in [3.63, 3.8) is 0 Å². The van der Waals surface area contributed by atoms with Crippen molar-refractivity contribution in [1.29, 1.82) is 0 Å². The highest BCUT2D eigenvalue weighted by Gasteiger charge is 2.22. The van der Waals surface area contributed by atoms with Gasteiger partial charge in [-0.1, -0.05) is 29.4 Å². The van der Waals surface area contributed by atoms with Crippen LogP contribution in [0.3, 0.4) is 0 Å². The predicted molar refractivity (Wildman–Crippen MR) is 98.5 cm³/mol. The number of para-hydroxylation sites is 2. The first kappa shape index (κ1) is 15.8. The average molecular weight is 351 g/mol. The van der Waals surface area contributed by atoms with Gasteiger partial charge in [-0.3, -0.25) is 4.79 Å². The Kier molecular flexibility index (Phi) is 3.97. The molecule has 1 amide bonds. The van der Waals surface area contributed by atoms with Gasteiger partial charge in [-0.05, 0) is 31.2 Å². The molecular weight excluding hydrogens is 334 g/mol. The minimum Gasteiger partial charge on any atom is -0.356 e. The van der Waals surface area contributed by atoms with Gasteiger partial charge in [0.25, 0.3) is 0 Å². The van der Waals surface area contributed by atoms with Crippen molar-refractivity contribution >= 4 is 38.4 Å². The fraction of sp³-hybridized carbons (Fsp3) is 0.211. The Labute approximate surface area is 148 Å². The number of carbonyl (C=O) groups excluding carboxylic acids is 1. The van der Waals surface area contributed by atoms with Crippen LogP contribution in [0.15, 0.2) is 53.1 Å². The molecule has 0 saturated carbocycles. The average Bonchev–Trinajstić information content (AvgIpc) is 3.25. The molecule has 126 valence electrons. The van der Waals surface area contributed by atoms with E-state index >= 15 is 0 Å². The first-order valence-electron chi connectivity index (χ1n) is 8.08. The number of amides is 1. The second-order valence-corrected chi connectivity index (χ2v) is 7.06. The molecule has 4 rings (SSSR count). The van der Waals surface area contributed by atoms with Crippen molar-refractivity contribution in [3.05, 3.63) is 59.2 Å². The van der Waals surface area contributed by atoms with Crippen molar-refractivity contribution in [2.45, 2.75) is 19.4 Å². The van der Waals surface area contributed by atoms with E-state index in [-0.39, 0.29) is 18.4 Å². The van der Waals surface area contributed by atoms with Crippen LogP contribution < -0.4 is 0 Å². The molecule has 0 radical (unpaired) electrons. The van der Waals surface area contributed by atoms with Gasteiger partial charge in [0, 0.05) is 12.4 Å². The summed E-state index contributed by atoms with van der Waals surface area (Å²) >= 11 is 1.62. The molecule has 2 aromatic heterocycles. The van der Waals surface area contributed by atoms with Gasteiger partial charge in [0.15, 0.2) is 5.58 Å². The Morgan fingerprint density at radius 2 is 1.96 bits per heavy atom. The van der Waals surface area contributed by atoms with Gasteiger partial charge in [-0.15, -0.1) is 11.3 Å². The quantitative estimate of drug-likeness (QED) is 0.553. The van der Waals surface area contributed by atoms with E-state index in [2.05, 4.69) is 10.1 Å². The maximum atomic E-state index is 12.7. The summed E-state index contributed by atoms with van der Waals surface area (Å²) in [6.45, 7) is 2.00. The lowest BCUT2D eigenvalue weighted by atomic mass is 10.1. The van der Waals surface area contributed by atoms with Gasteiger partial charge >= 0.3 is 0 Å². The maximum absolute atomic E-state index is 12.7. The van der Waals surface area contributed by atoms with Crippen LogP contribution in [0.5, 0.6) is 0 Å². The number of fused-ring (bicyclic) bond motifs is 2. The first-order valence-corrected chi connectivity index (χ1v) is 8.89. The smallest absolute Gasteiger partial charge is 0.229 e. The number of aromatic nitrogens is 2. The Balaban J connectivity index is 1.55. The number of nitrogens with zero attached hydrogens (tertiary/aromatic N) is 3. The summed E-state index contributed by atoms with van der Waals surface area (Å²) in [6.07, 6.45) is 0.211. The lowest BCUT2D eigenvalue weighted by Gasteiger charge is -2.22. The number of benzene rings is 2. The van der Waals surface area contributed by atoms with Crippen LogP contribution >= 0.6 is 11.3 Å². The van der Waals surface area contributed by atoms with Crippen LogP contribution in [0.2, 0.25) is 0 Å². The molecule has 0 aliphatic carbocycles. The Hall–Kier alpha value is -2.73. The summed E-state index contributed by atoms with van der Waals surface area (Å²) in [5.74, 6) is -0.00851. The minimum absolute atomic E-state index is 0.00851. The van der Waals surface area contributed by atoms with Gasteiger partial charge in [0.1, 0.15) is 10.7 Å². The molecule has 0 N–H and O–H groups in total. The van der Waals surface area contributed by atoms with Crippen molar-refractivity contribution in [1.82, 2.24) is 15.0 Å². The van der Waals surface area contributed by atoms with Crippen LogP contribution in [0.1, 0.15) is 23.7 Å². The van der Waals surface area contributed by atoms with E-state index in [0.29, 0.717) is 11.3 Å². The van der Waals surface area contributed by atoms with Crippen LogP contribution in [0.4, 0.5) is 0 Å². The van der Waals surface area contributed by atoms with Gasteiger partial charge in [-0.2, -0.15) is 0 Å². The van der Waals surface area contributed by atoms with Gasteiger partial charge in [0.2, 0.25) is 5.91 Å². The van der Waals surface area contributed by atoms with E-state index in [9.17, 15) is 4.79 Å². The molecule has 5 nitrogen and oxygen atoms in total. The van der Waals surface area contributed by atoms with Crippen LogP contribution in [0, 0.1) is 0 Å². The Bertz CT molecular complexity index is 1020. The number of thiazole rings is 1. The Morgan fingerprint density at radius 1 is 1.20 bits per heavy atom. The van der Waals surface area contributed by atoms with Crippen LogP contribution in [0.25, 0.3) is 21.2 Å². The molecular formula is C19H17N3O2S. The summed E-state index contributed by atoms with van der Waals surface area (Å²) in [5.41, 5.74) is 2.34. The van der Waals surface area contributed by atoms with Crippen molar-refractivity contribution in [2.24, 2.45) is 0 Å². The third kappa shape index (κ3) is 2.89. The minimum atomic E-state index is -0.0944. The summed E-state index contributed by atoms with van der Waals surface area (Å²) in [6, 6.07) is 15.5. The van der Waals surface area contributed by atoms with Gasteiger partial charge in [-0.25, -0.2) is 4.98 Å². The number of hydrogen-bond donors (Lipinski definition) is 0. The van der Waals surface area contributed by atoms with Gasteiger partial charge in [0.05, 0.1) is 22.7 Å². The summed E-state index contributed by atoms with van der Waals surface area (Å²) < 4.78 is 6.42. The largest absolute Gasteiger partial charge is 0.356 e. The van der Waals surface area contributed by atoms with E-state index in [1.54, 1.807) is 23.3 Å². The molecule has 2 heterocycles. The Morgan fingerprint density at radius 3 is 2.80 bits per heavy atom. The normalized spacial score (nSPS) is 12.6. The van der Waals surface area contributed by atoms with Gasteiger partial charge < -0.3 is 9.42 Å². The summed E-state index contributed by atoms with van der Waals surface area (Å²) in [7, 11) is 1.81. The highest BCUT2D eigenvalue weighted by atomic mass is 32.1. The summed E-state index contributed by atoms with van der Waals surface area (Å²) in [5, 5.41) is 5.87. The third-order valence-corrected chi connectivity index (χ3v) is 5.62. The molecule has 4 aromatic rings. The zero-order valence-electron chi connectivity index (χ0n) is 14.0. The number of hydrogen-bond acceptors (Lipinski definition) is 5. The van der Waals surface area contributed by atoms with E-state index in [0.717, 1.165) is 20.6 Å². The van der Waals surface area contributed by atoms with Crippen LogP contribution in [-0.4, -0.2) is 28.0 Å². The molecule has 0 spiro atoms. The van der Waals surface area contributed by atoms with E-state index in [1.807, 2.05) is 55.5 Å². The molecule has 0 unspecified atom stereocenters. The zero-order valence-corrected chi connectivity index (χ0v) is 14.8. The van der Waals surface area contributed by atoms with Crippen molar-refractivity contribution < 1.29 is 9.32 Å². The lowest BCUT2D eigenvalue weighted by Crippen LogP contribution is -2.31. The molecule has 2 aromatic carbocycles. The second kappa shape index (κ2) is 6.29. The molecule has 0 aliphatic rings. The number of carbonyl (C=O) groups is 1. The predicted octanol–water partition coefficient (Wildman–Crippen LogP) is 4.20. The molecule has 0 saturated heterocycles. The third-order valence-electron chi connectivity index (χ3n) is 4.41. The maximum Gasteiger partial charge on any atom is 0.229 e. The topological polar surface area (TPSA) is 59.2 Å². The molecule has 25 heavy (non-hydrogen) atoms. The fourth-order valence-corrected chi connectivity index (χ4v) is 3.85. The fourth-order valence-electron chi connectivity index (χ4n) is 2.78. The van der Waals surface area contributed by atoms with E-state index in [1.165, 1.54) is 0 Å². The molecule has 0 aliphatic heterocycles. The standard InChI is InChI=1S/C19H17N3O2S/c1-12(19-20-14-8-4-6-10-17(14)25-19)22(2)18(23)11-15-13-7-3-5-9-16(13)24-21-15/h3-10,12H,11H2,1-2H3/t12-/m0/s1. The molecule has 0 fully saturated rings. The number of rotatable bonds is 4. The van der Waals surface area contributed by atoms with Crippen molar-refractivity contribution in [3.8, 4) is 0 Å². The van der Waals surface area contributed by atoms with E-state index < -0.39 is 0 Å². The lowest BCUT2D eigenvalue weighted by molar-refractivity contribution is -0.131. The summed E-state index contributed by atoms with van der Waals surface area (Å²) in [4.78, 5) is 19.1. The van der Waals surface area contributed by atoms with Crippen molar-refractivity contribution in [2.75, 3.05) is 7.05 Å². The SMILES string of the molecule is C[C@@H](c1nc2ccccc2s1)N(C)C(=O)Cc1noc2ccccc12. The molecule has 6 heteroatoms. The molecule has 0 bridgehead atoms.